The van der Waals surface area contributed by atoms with Crippen LogP contribution in [0.15, 0.2) is 54.2 Å². The molecule has 4 rings (SSSR count). The van der Waals surface area contributed by atoms with Gasteiger partial charge in [-0.1, -0.05) is 23.8 Å². The molecule has 0 atom stereocenters. The standard InChI is InChI=1S/C19H16N4OS/c1-12-6-7-13(2)14(9-12)16-11-25-19(21-16)22-18(24)15-10-23-8-4-3-5-17(23)20-15/h3-11H,1-2H3,(H,21,22,24). The molecule has 0 aliphatic rings. The largest absolute Gasteiger partial charge is 0.306 e. The number of fused-ring (bicyclic) bond motifs is 1. The lowest BCUT2D eigenvalue weighted by molar-refractivity contribution is 0.102. The Labute approximate surface area is 149 Å². The summed E-state index contributed by atoms with van der Waals surface area (Å²) in [5, 5.41) is 5.36. The van der Waals surface area contributed by atoms with Crippen molar-refractivity contribution in [2.75, 3.05) is 5.32 Å². The minimum atomic E-state index is -0.259. The summed E-state index contributed by atoms with van der Waals surface area (Å²) in [6, 6.07) is 11.9. The Balaban J connectivity index is 1.58. The van der Waals surface area contributed by atoms with Gasteiger partial charge in [0.05, 0.1) is 5.69 Å². The Morgan fingerprint density at radius 1 is 1.16 bits per heavy atom. The van der Waals surface area contributed by atoms with Crippen molar-refractivity contribution in [3.05, 3.63) is 71.0 Å². The molecule has 0 saturated carbocycles. The number of carbonyl (C=O) groups excluding carboxylic acids is 1. The van der Waals surface area contributed by atoms with Gasteiger partial charge in [-0.05, 0) is 37.6 Å². The highest BCUT2D eigenvalue weighted by atomic mass is 32.1. The van der Waals surface area contributed by atoms with E-state index in [-0.39, 0.29) is 5.91 Å². The first kappa shape index (κ1) is 15.5. The third kappa shape index (κ3) is 3.04. The molecule has 5 nitrogen and oxygen atoms in total. The van der Waals surface area contributed by atoms with E-state index in [9.17, 15) is 4.79 Å². The molecule has 0 bridgehead atoms. The second-order valence-corrected chi connectivity index (χ2v) is 6.76. The van der Waals surface area contributed by atoms with Crippen LogP contribution in [0.3, 0.4) is 0 Å². The van der Waals surface area contributed by atoms with E-state index in [1.165, 1.54) is 16.9 Å². The molecule has 3 aromatic heterocycles. The number of benzene rings is 1. The Morgan fingerprint density at radius 2 is 2.04 bits per heavy atom. The number of aryl methyl sites for hydroxylation is 2. The molecule has 4 aromatic rings. The zero-order valence-corrected chi connectivity index (χ0v) is 14.7. The molecule has 25 heavy (non-hydrogen) atoms. The summed E-state index contributed by atoms with van der Waals surface area (Å²) in [6.45, 7) is 4.12. The summed E-state index contributed by atoms with van der Waals surface area (Å²) >= 11 is 1.41. The molecule has 124 valence electrons. The number of hydrogen-bond acceptors (Lipinski definition) is 4. The van der Waals surface area contributed by atoms with Gasteiger partial charge in [0.2, 0.25) is 0 Å². The summed E-state index contributed by atoms with van der Waals surface area (Å²) in [5.41, 5.74) is 5.41. The molecule has 0 unspecified atom stereocenters. The van der Waals surface area contributed by atoms with Crippen LogP contribution in [0.5, 0.6) is 0 Å². The van der Waals surface area contributed by atoms with Crippen molar-refractivity contribution in [3.63, 3.8) is 0 Å². The summed E-state index contributed by atoms with van der Waals surface area (Å²) in [7, 11) is 0. The molecule has 0 saturated heterocycles. The first-order valence-electron chi connectivity index (χ1n) is 7.88. The fraction of sp³-hybridized carbons (Fsp3) is 0.105. The fourth-order valence-corrected chi connectivity index (χ4v) is 3.38. The molecule has 0 radical (unpaired) electrons. The second kappa shape index (κ2) is 6.14. The molecule has 6 heteroatoms. The molecule has 0 spiro atoms. The number of hydrogen-bond donors (Lipinski definition) is 1. The van der Waals surface area contributed by atoms with Gasteiger partial charge in [-0.25, -0.2) is 9.97 Å². The van der Waals surface area contributed by atoms with Crippen molar-refractivity contribution in [1.29, 1.82) is 0 Å². The predicted molar refractivity (Wildman–Crippen MR) is 100 cm³/mol. The molecular weight excluding hydrogens is 332 g/mol. The number of carbonyl (C=O) groups is 1. The molecule has 1 N–H and O–H groups in total. The topological polar surface area (TPSA) is 59.3 Å². The number of aromatic nitrogens is 3. The molecule has 3 heterocycles. The minimum absolute atomic E-state index is 0.259. The van der Waals surface area contributed by atoms with Gasteiger partial charge in [0, 0.05) is 23.3 Å². The van der Waals surface area contributed by atoms with Crippen LogP contribution in [0, 0.1) is 13.8 Å². The van der Waals surface area contributed by atoms with Gasteiger partial charge in [0.25, 0.3) is 5.91 Å². The van der Waals surface area contributed by atoms with E-state index in [0.29, 0.717) is 10.8 Å². The minimum Gasteiger partial charge on any atom is -0.306 e. The van der Waals surface area contributed by atoms with E-state index in [1.807, 2.05) is 34.2 Å². The van der Waals surface area contributed by atoms with Gasteiger partial charge >= 0.3 is 0 Å². The number of amides is 1. The second-order valence-electron chi connectivity index (χ2n) is 5.90. The lowest BCUT2D eigenvalue weighted by Gasteiger charge is -2.03. The van der Waals surface area contributed by atoms with Crippen LogP contribution in [0.2, 0.25) is 0 Å². The van der Waals surface area contributed by atoms with E-state index in [0.717, 1.165) is 22.5 Å². The summed E-state index contributed by atoms with van der Waals surface area (Å²) < 4.78 is 1.82. The van der Waals surface area contributed by atoms with Crippen molar-refractivity contribution < 1.29 is 4.79 Å². The molecule has 0 aliphatic carbocycles. The fourth-order valence-electron chi connectivity index (χ4n) is 2.67. The Kier molecular flexibility index (Phi) is 3.82. The number of imidazole rings is 1. The Bertz CT molecular complexity index is 1050. The number of thiazole rings is 1. The zero-order valence-electron chi connectivity index (χ0n) is 13.9. The number of nitrogens with one attached hydrogen (secondary N) is 1. The van der Waals surface area contributed by atoms with Crippen LogP contribution >= 0.6 is 11.3 Å². The van der Waals surface area contributed by atoms with Crippen LogP contribution in [0.4, 0.5) is 5.13 Å². The Hall–Kier alpha value is -2.99. The van der Waals surface area contributed by atoms with Gasteiger partial charge in [-0.2, -0.15) is 0 Å². The number of pyridine rings is 1. The smallest absolute Gasteiger partial charge is 0.277 e. The van der Waals surface area contributed by atoms with E-state index < -0.39 is 0 Å². The summed E-state index contributed by atoms with van der Waals surface area (Å²) in [6.07, 6.45) is 3.57. The third-order valence-electron chi connectivity index (χ3n) is 3.99. The summed E-state index contributed by atoms with van der Waals surface area (Å²) in [5.74, 6) is -0.259. The first-order chi connectivity index (χ1) is 12.1. The zero-order chi connectivity index (χ0) is 17.4. The van der Waals surface area contributed by atoms with Gasteiger partial charge in [0.1, 0.15) is 11.3 Å². The van der Waals surface area contributed by atoms with E-state index in [1.54, 1.807) is 6.20 Å². The molecule has 0 fully saturated rings. The highest BCUT2D eigenvalue weighted by Crippen LogP contribution is 2.28. The van der Waals surface area contributed by atoms with Gasteiger partial charge < -0.3 is 4.40 Å². The average Bonchev–Trinajstić information content (AvgIpc) is 3.23. The van der Waals surface area contributed by atoms with Crippen molar-refractivity contribution >= 4 is 28.0 Å². The van der Waals surface area contributed by atoms with Crippen LogP contribution in [-0.2, 0) is 0 Å². The number of anilines is 1. The monoisotopic (exact) mass is 348 g/mol. The van der Waals surface area contributed by atoms with Crippen LogP contribution in [0.1, 0.15) is 21.6 Å². The first-order valence-corrected chi connectivity index (χ1v) is 8.76. The van der Waals surface area contributed by atoms with E-state index >= 15 is 0 Å². The number of rotatable bonds is 3. The molecule has 1 aromatic carbocycles. The van der Waals surface area contributed by atoms with Gasteiger partial charge in [0.15, 0.2) is 5.13 Å². The quantitative estimate of drug-likeness (QED) is 0.599. The van der Waals surface area contributed by atoms with E-state index in [4.69, 9.17) is 0 Å². The normalized spacial score (nSPS) is 11.0. The average molecular weight is 348 g/mol. The van der Waals surface area contributed by atoms with Crippen LogP contribution in [-0.4, -0.2) is 20.3 Å². The lowest BCUT2D eigenvalue weighted by Crippen LogP contribution is -2.12. The maximum absolute atomic E-state index is 12.4. The van der Waals surface area contributed by atoms with Crippen molar-refractivity contribution in [3.8, 4) is 11.3 Å². The SMILES string of the molecule is Cc1ccc(C)c(-c2csc(NC(=O)c3cn4ccccc4n3)n2)c1. The van der Waals surface area contributed by atoms with Crippen LogP contribution < -0.4 is 5.32 Å². The highest BCUT2D eigenvalue weighted by molar-refractivity contribution is 7.14. The maximum Gasteiger partial charge on any atom is 0.277 e. The Morgan fingerprint density at radius 3 is 2.88 bits per heavy atom. The van der Waals surface area contributed by atoms with Gasteiger partial charge in [-0.3, -0.25) is 10.1 Å². The summed E-state index contributed by atoms with van der Waals surface area (Å²) in [4.78, 5) is 21.3. The highest BCUT2D eigenvalue weighted by Gasteiger charge is 2.14. The third-order valence-corrected chi connectivity index (χ3v) is 4.75. The predicted octanol–water partition coefficient (Wildman–Crippen LogP) is 4.33. The molecule has 1 amide bonds. The number of nitrogens with zero attached hydrogens (tertiary/aromatic N) is 3. The van der Waals surface area contributed by atoms with E-state index in [2.05, 4.69) is 47.3 Å². The van der Waals surface area contributed by atoms with Crippen molar-refractivity contribution in [2.24, 2.45) is 0 Å². The van der Waals surface area contributed by atoms with Crippen LogP contribution in [0.25, 0.3) is 16.9 Å². The van der Waals surface area contributed by atoms with Crippen molar-refractivity contribution in [1.82, 2.24) is 14.4 Å². The van der Waals surface area contributed by atoms with Crippen molar-refractivity contribution in [2.45, 2.75) is 13.8 Å². The lowest BCUT2D eigenvalue weighted by atomic mass is 10.0. The van der Waals surface area contributed by atoms with Gasteiger partial charge in [-0.15, -0.1) is 11.3 Å². The molecular formula is C19H16N4OS. The molecule has 0 aliphatic heterocycles. The maximum atomic E-state index is 12.4.